The summed E-state index contributed by atoms with van der Waals surface area (Å²) in [5.41, 5.74) is 16.3. The smallest absolute Gasteiger partial charge is 0.0714 e. The highest BCUT2D eigenvalue weighted by Gasteiger charge is 2.46. The Hall–Kier alpha value is -7.94. The summed E-state index contributed by atoms with van der Waals surface area (Å²) in [6.45, 7) is 0. The van der Waals surface area contributed by atoms with Gasteiger partial charge in [-0.05, 0) is 110 Å². The second-order valence-electron chi connectivity index (χ2n) is 16.0. The van der Waals surface area contributed by atoms with Crippen molar-refractivity contribution in [2.75, 3.05) is 4.90 Å². The third kappa shape index (κ3) is 5.36. The summed E-state index contributed by atoms with van der Waals surface area (Å²) in [6.07, 6.45) is 0. The van der Waals surface area contributed by atoms with Crippen LogP contribution in [0.2, 0.25) is 0 Å². The van der Waals surface area contributed by atoms with Crippen LogP contribution in [0.25, 0.3) is 60.5 Å². The Balaban J connectivity index is 1.19. The van der Waals surface area contributed by atoms with Gasteiger partial charge in [-0.15, -0.1) is 0 Å². The van der Waals surface area contributed by atoms with E-state index in [4.69, 9.17) is 0 Å². The van der Waals surface area contributed by atoms with Crippen LogP contribution in [0.5, 0.6) is 0 Å². The molecule has 0 spiro atoms. The highest BCUT2D eigenvalue weighted by atomic mass is 15.1. The molecule has 0 aliphatic heterocycles. The van der Waals surface area contributed by atoms with Gasteiger partial charge in [0.1, 0.15) is 0 Å². The van der Waals surface area contributed by atoms with E-state index in [9.17, 15) is 0 Å². The van der Waals surface area contributed by atoms with Gasteiger partial charge in [-0.1, -0.05) is 182 Å². The third-order valence-corrected chi connectivity index (χ3v) is 12.8. The summed E-state index contributed by atoms with van der Waals surface area (Å²) in [5, 5.41) is 4.88. The number of nitrogens with zero attached hydrogens (tertiary/aromatic N) is 2. The number of aromatic nitrogens is 1. The minimum Gasteiger partial charge on any atom is -0.310 e. The largest absolute Gasteiger partial charge is 0.310 e. The number of hydrogen-bond acceptors (Lipinski definition) is 1. The van der Waals surface area contributed by atoms with E-state index in [1.165, 1.54) is 77.1 Å². The molecule has 1 aliphatic rings. The van der Waals surface area contributed by atoms with Gasteiger partial charge in [0.25, 0.3) is 0 Å². The van der Waals surface area contributed by atoms with Crippen molar-refractivity contribution in [1.82, 2.24) is 4.57 Å². The van der Waals surface area contributed by atoms with Crippen molar-refractivity contribution >= 4 is 49.6 Å². The molecule has 10 aromatic carbocycles. The minimum atomic E-state index is -0.527. The zero-order valence-corrected chi connectivity index (χ0v) is 33.5. The number of fused-ring (bicyclic) bond motifs is 7. The molecular weight excluding hydrogens is 737 g/mol. The van der Waals surface area contributed by atoms with E-state index >= 15 is 0 Å². The van der Waals surface area contributed by atoms with Crippen LogP contribution in [0, 0.1) is 0 Å². The van der Waals surface area contributed by atoms with Crippen LogP contribution in [0.1, 0.15) is 22.3 Å². The van der Waals surface area contributed by atoms with Crippen molar-refractivity contribution in [1.29, 1.82) is 0 Å². The number of benzene rings is 10. The Labute approximate surface area is 355 Å². The summed E-state index contributed by atoms with van der Waals surface area (Å²) in [5.74, 6) is 0. The normalized spacial score (nSPS) is 12.7. The molecule has 0 amide bonds. The molecule has 11 aromatic rings. The van der Waals surface area contributed by atoms with Crippen LogP contribution in [-0.2, 0) is 5.41 Å². The van der Waals surface area contributed by atoms with Crippen LogP contribution in [0.3, 0.4) is 0 Å². The molecule has 286 valence electrons. The van der Waals surface area contributed by atoms with Gasteiger partial charge in [0.15, 0.2) is 0 Å². The average Bonchev–Trinajstić information content (AvgIpc) is 3.83. The molecule has 0 unspecified atom stereocenters. The number of anilines is 3. The first kappa shape index (κ1) is 35.0. The third-order valence-electron chi connectivity index (χ3n) is 12.8. The van der Waals surface area contributed by atoms with Crippen LogP contribution in [0.4, 0.5) is 17.1 Å². The summed E-state index contributed by atoms with van der Waals surface area (Å²) >= 11 is 0. The summed E-state index contributed by atoms with van der Waals surface area (Å²) < 4.78 is 2.42. The van der Waals surface area contributed by atoms with Gasteiger partial charge in [0, 0.05) is 33.4 Å². The van der Waals surface area contributed by atoms with E-state index in [1.54, 1.807) is 0 Å². The van der Waals surface area contributed by atoms with E-state index in [0.717, 1.165) is 22.7 Å². The molecule has 12 rings (SSSR count). The molecule has 61 heavy (non-hydrogen) atoms. The monoisotopic (exact) mass is 776 g/mol. The van der Waals surface area contributed by atoms with E-state index in [2.05, 4.69) is 252 Å². The maximum Gasteiger partial charge on any atom is 0.0714 e. The predicted molar refractivity (Wildman–Crippen MR) is 256 cm³/mol. The zero-order chi connectivity index (χ0) is 40.3. The molecule has 0 radical (unpaired) electrons. The van der Waals surface area contributed by atoms with Crippen molar-refractivity contribution in [2.45, 2.75) is 5.41 Å². The molecule has 0 atom stereocenters. The van der Waals surface area contributed by atoms with Crippen molar-refractivity contribution in [2.24, 2.45) is 0 Å². The lowest BCUT2D eigenvalue weighted by Crippen LogP contribution is -2.28. The SMILES string of the molecule is c1ccc(N(c2ccc3c(c2)C(c2ccccc2)(c2ccccc2)c2ccccc2-3)c2ccc3c(c2-c2ccc4ccccc4c2)c2ccccc2n3-c2ccccc2)cc1. The van der Waals surface area contributed by atoms with Gasteiger partial charge in [0.2, 0.25) is 0 Å². The summed E-state index contributed by atoms with van der Waals surface area (Å²) in [4.78, 5) is 2.49. The fraction of sp³-hybridized carbons (Fsp3) is 0.0169. The second-order valence-corrected chi connectivity index (χ2v) is 16.0. The van der Waals surface area contributed by atoms with Crippen molar-refractivity contribution in [3.05, 3.63) is 265 Å². The number of rotatable bonds is 7. The molecule has 1 aromatic heterocycles. The second kappa shape index (κ2) is 14.1. The van der Waals surface area contributed by atoms with Crippen LogP contribution < -0.4 is 4.90 Å². The Morgan fingerprint density at radius 3 is 1.74 bits per heavy atom. The maximum atomic E-state index is 2.49. The van der Waals surface area contributed by atoms with E-state index in [-0.39, 0.29) is 0 Å². The van der Waals surface area contributed by atoms with Crippen LogP contribution in [-0.4, -0.2) is 4.57 Å². The van der Waals surface area contributed by atoms with Crippen molar-refractivity contribution in [3.8, 4) is 27.9 Å². The molecule has 2 heteroatoms. The fourth-order valence-electron chi connectivity index (χ4n) is 10.3. The fourth-order valence-corrected chi connectivity index (χ4v) is 10.3. The first-order valence-corrected chi connectivity index (χ1v) is 21.1. The van der Waals surface area contributed by atoms with E-state index in [0.29, 0.717) is 0 Å². The van der Waals surface area contributed by atoms with Gasteiger partial charge >= 0.3 is 0 Å². The first-order valence-electron chi connectivity index (χ1n) is 21.1. The highest BCUT2D eigenvalue weighted by Crippen LogP contribution is 2.58. The lowest BCUT2D eigenvalue weighted by molar-refractivity contribution is 0.768. The van der Waals surface area contributed by atoms with Crippen LogP contribution >= 0.6 is 0 Å². The number of hydrogen-bond donors (Lipinski definition) is 0. The molecule has 0 N–H and O–H groups in total. The van der Waals surface area contributed by atoms with Crippen molar-refractivity contribution in [3.63, 3.8) is 0 Å². The molecule has 0 saturated carbocycles. The Morgan fingerprint density at radius 1 is 0.377 bits per heavy atom. The molecule has 2 nitrogen and oxygen atoms in total. The van der Waals surface area contributed by atoms with Gasteiger partial charge in [-0.3, -0.25) is 0 Å². The first-order chi connectivity index (χ1) is 30.3. The van der Waals surface area contributed by atoms with E-state index < -0.39 is 5.41 Å². The molecule has 1 aliphatic carbocycles. The topological polar surface area (TPSA) is 8.17 Å². The Kier molecular flexibility index (Phi) is 8.11. The van der Waals surface area contributed by atoms with Gasteiger partial charge in [0.05, 0.1) is 22.1 Å². The summed E-state index contributed by atoms with van der Waals surface area (Å²) in [6, 6.07) is 89.2. The lowest BCUT2D eigenvalue weighted by atomic mass is 9.67. The maximum absolute atomic E-state index is 2.49. The molecule has 0 fully saturated rings. The average molecular weight is 777 g/mol. The molecular formula is C59H40N2. The quantitative estimate of drug-likeness (QED) is 0.156. The van der Waals surface area contributed by atoms with Gasteiger partial charge in [-0.2, -0.15) is 0 Å². The number of para-hydroxylation sites is 3. The zero-order valence-electron chi connectivity index (χ0n) is 33.5. The molecule has 0 bridgehead atoms. The summed E-state index contributed by atoms with van der Waals surface area (Å²) in [7, 11) is 0. The predicted octanol–water partition coefficient (Wildman–Crippen LogP) is 15.4. The Bertz CT molecular complexity index is 3360. The molecule has 0 saturated heterocycles. The Morgan fingerprint density at radius 2 is 0.984 bits per heavy atom. The van der Waals surface area contributed by atoms with Gasteiger partial charge in [-0.25, -0.2) is 0 Å². The highest BCUT2D eigenvalue weighted by molar-refractivity contribution is 6.19. The van der Waals surface area contributed by atoms with Crippen molar-refractivity contribution < 1.29 is 0 Å². The standard InChI is InChI=1S/C59H40N2/c1-5-21-44(22-6-1)59(45-23-7-2-8-24-45)52-31-17-15-29-49(52)50-36-35-48(40-53(50)59)60(46-25-9-3-10-26-46)55-37-38-56-58(57(55)43-34-33-41-19-13-14-20-42(41)39-43)51-30-16-18-32-54(51)61(56)47-27-11-4-12-28-47/h1-40H. The van der Waals surface area contributed by atoms with E-state index in [1.807, 2.05) is 0 Å². The van der Waals surface area contributed by atoms with Gasteiger partial charge < -0.3 is 9.47 Å². The molecule has 1 heterocycles. The minimum absolute atomic E-state index is 0.527. The van der Waals surface area contributed by atoms with Crippen LogP contribution in [0.15, 0.2) is 243 Å². The lowest BCUT2D eigenvalue weighted by Gasteiger charge is -2.35.